The number of fused-ring (bicyclic) bond motifs is 3. The second-order valence-corrected chi connectivity index (χ2v) is 8.41. The number of pyridine rings is 1. The van der Waals surface area contributed by atoms with Gasteiger partial charge in [-0.3, -0.25) is 9.59 Å². The summed E-state index contributed by atoms with van der Waals surface area (Å²) in [4.78, 5) is 26.4. The summed E-state index contributed by atoms with van der Waals surface area (Å²) >= 11 is 0. The minimum absolute atomic E-state index is 0. The highest BCUT2D eigenvalue weighted by Crippen LogP contribution is 2.35. The van der Waals surface area contributed by atoms with E-state index >= 15 is 0 Å². The Morgan fingerprint density at radius 2 is 1.94 bits per heavy atom. The third-order valence-corrected chi connectivity index (χ3v) is 6.49. The molecule has 3 aromatic rings. The van der Waals surface area contributed by atoms with Crippen molar-refractivity contribution in [2.24, 2.45) is 0 Å². The molecule has 2 N–H and O–H groups in total. The number of nitrogens with zero attached hydrogens (tertiary/aromatic N) is 1. The van der Waals surface area contributed by atoms with E-state index in [-0.39, 0.29) is 35.5 Å². The van der Waals surface area contributed by atoms with E-state index in [0.717, 1.165) is 62.8 Å². The quantitative estimate of drug-likeness (QED) is 0.632. The van der Waals surface area contributed by atoms with Crippen molar-refractivity contribution in [1.82, 2.24) is 9.88 Å². The maximum Gasteiger partial charge on any atom is 0.263 e. The third kappa shape index (κ3) is 3.90. The van der Waals surface area contributed by atoms with Crippen LogP contribution in [0.1, 0.15) is 59.0 Å². The number of furan rings is 1. The maximum atomic E-state index is 13.2. The van der Waals surface area contributed by atoms with Gasteiger partial charge in [-0.05, 0) is 69.8 Å². The van der Waals surface area contributed by atoms with Crippen LogP contribution in [-0.2, 0) is 12.8 Å². The van der Waals surface area contributed by atoms with Gasteiger partial charge in [0.25, 0.3) is 11.5 Å². The average Bonchev–Trinajstić information content (AvgIpc) is 3.14. The number of benzene rings is 1. The number of carbonyl (C=O) groups excluding carboxylic acids is 1. The molecule has 0 unspecified atom stereocenters. The fraction of sp³-hybridized carbons (Fsp3) is 0.417. The lowest BCUT2D eigenvalue weighted by molar-refractivity contribution is 0.102. The Morgan fingerprint density at radius 1 is 1.16 bits per heavy atom. The first-order valence-corrected chi connectivity index (χ1v) is 10.9. The zero-order valence-electron chi connectivity index (χ0n) is 17.7. The van der Waals surface area contributed by atoms with Crippen molar-refractivity contribution in [2.75, 3.05) is 18.4 Å². The number of anilines is 1. The van der Waals surface area contributed by atoms with Gasteiger partial charge in [0.05, 0.1) is 5.69 Å². The molecule has 0 spiro atoms. The molecule has 0 bridgehead atoms. The molecule has 0 saturated carbocycles. The largest absolute Gasteiger partial charge is 0.459 e. The Morgan fingerprint density at radius 3 is 2.74 bits per heavy atom. The molecule has 0 atom stereocenters. The van der Waals surface area contributed by atoms with Crippen molar-refractivity contribution < 1.29 is 9.21 Å². The van der Waals surface area contributed by atoms with Gasteiger partial charge in [-0.15, -0.1) is 12.4 Å². The molecule has 6 nitrogen and oxygen atoms in total. The van der Waals surface area contributed by atoms with E-state index in [1.54, 1.807) is 4.57 Å². The third-order valence-electron chi connectivity index (χ3n) is 6.49. The number of halogens is 1. The van der Waals surface area contributed by atoms with Gasteiger partial charge in [0.1, 0.15) is 11.3 Å². The van der Waals surface area contributed by atoms with Crippen LogP contribution in [0.4, 0.5) is 5.69 Å². The van der Waals surface area contributed by atoms with Gasteiger partial charge in [-0.25, -0.2) is 0 Å². The zero-order chi connectivity index (χ0) is 20.7. The molecule has 1 saturated heterocycles. The van der Waals surface area contributed by atoms with Crippen molar-refractivity contribution >= 4 is 35.0 Å². The first-order chi connectivity index (χ1) is 14.6. The Hall–Kier alpha value is -2.57. The fourth-order valence-electron chi connectivity index (χ4n) is 4.86. The van der Waals surface area contributed by atoms with Crippen LogP contribution in [0.3, 0.4) is 0 Å². The number of hydrogen-bond donors (Lipinski definition) is 2. The standard InChI is InChI=1S/C24H27N3O3.ClH/c1-15-11-14-27(16-9-12-25-13-10-16)24(29)21(15)23(28)26-19-7-4-6-18-17-5-2-3-8-20(17)30-22(18)19;/h4,6-7,11,14,16,25H,2-3,5,8-10,12-13H2,1H3,(H,26,28);1H. The Kier molecular flexibility index (Phi) is 6.21. The molecule has 2 aliphatic rings. The van der Waals surface area contributed by atoms with Gasteiger partial charge < -0.3 is 19.6 Å². The summed E-state index contributed by atoms with van der Waals surface area (Å²) < 4.78 is 7.86. The predicted molar refractivity (Wildman–Crippen MR) is 125 cm³/mol. The fourth-order valence-corrected chi connectivity index (χ4v) is 4.86. The van der Waals surface area contributed by atoms with Crippen molar-refractivity contribution in [3.63, 3.8) is 0 Å². The summed E-state index contributed by atoms with van der Waals surface area (Å²) in [7, 11) is 0. The number of carbonyl (C=O) groups is 1. The SMILES string of the molecule is Cc1ccn(C2CCNCC2)c(=O)c1C(=O)Nc1cccc2c3c(oc12)CCCC3.Cl. The molecule has 2 aromatic heterocycles. The van der Waals surface area contributed by atoms with E-state index in [4.69, 9.17) is 4.42 Å². The molecule has 3 heterocycles. The molecule has 7 heteroatoms. The Bertz CT molecular complexity index is 1170. The summed E-state index contributed by atoms with van der Waals surface area (Å²) in [5, 5.41) is 7.35. The van der Waals surface area contributed by atoms with Crippen LogP contribution in [0.15, 0.2) is 39.7 Å². The van der Waals surface area contributed by atoms with Crippen LogP contribution in [0.5, 0.6) is 0 Å². The summed E-state index contributed by atoms with van der Waals surface area (Å²) in [5.41, 5.74) is 3.28. The summed E-state index contributed by atoms with van der Waals surface area (Å²) in [6.45, 7) is 3.59. The van der Waals surface area contributed by atoms with E-state index in [2.05, 4.69) is 16.7 Å². The van der Waals surface area contributed by atoms with Crippen LogP contribution in [0.25, 0.3) is 11.0 Å². The zero-order valence-corrected chi connectivity index (χ0v) is 18.5. The molecule has 164 valence electrons. The number of piperidine rings is 1. The van der Waals surface area contributed by atoms with Gasteiger partial charge in [0.2, 0.25) is 0 Å². The summed E-state index contributed by atoms with van der Waals surface area (Å²) in [5.74, 6) is 0.657. The monoisotopic (exact) mass is 441 g/mol. The first-order valence-electron chi connectivity index (χ1n) is 10.9. The summed E-state index contributed by atoms with van der Waals surface area (Å²) in [6.07, 6.45) is 7.86. The molecule has 5 rings (SSSR count). The lowest BCUT2D eigenvalue weighted by Gasteiger charge is -2.25. The first kappa shape index (κ1) is 21.7. The Labute approximate surface area is 187 Å². The summed E-state index contributed by atoms with van der Waals surface area (Å²) in [6, 6.07) is 7.83. The number of hydrogen-bond acceptors (Lipinski definition) is 4. The van der Waals surface area contributed by atoms with E-state index in [0.29, 0.717) is 16.8 Å². The molecule has 1 aliphatic carbocycles. The molecular formula is C24H28ClN3O3. The van der Waals surface area contributed by atoms with Gasteiger partial charge in [0.15, 0.2) is 5.58 Å². The lowest BCUT2D eigenvalue weighted by atomic mass is 9.96. The second kappa shape index (κ2) is 8.89. The second-order valence-electron chi connectivity index (χ2n) is 8.41. The van der Waals surface area contributed by atoms with Crippen LogP contribution >= 0.6 is 12.4 Å². The predicted octanol–water partition coefficient (Wildman–Crippen LogP) is 4.38. The number of amides is 1. The molecular weight excluding hydrogens is 414 g/mol. The highest BCUT2D eigenvalue weighted by molar-refractivity contribution is 6.09. The molecule has 1 amide bonds. The average molecular weight is 442 g/mol. The van der Waals surface area contributed by atoms with Gasteiger partial charge in [-0.2, -0.15) is 0 Å². The Balaban J connectivity index is 0.00000231. The minimum Gasteiger partial charge on any atom is -0.459 e. The van der Waals surface area contributed by atoms with Crippen molar-refractivity contribution in [3.05, 3.63) is 63.3 Å². The van der Waals surface area contributed by atoms with E-state index in [1.165, 1.54) is 5.56 Å². The highest BCUT2D eigenvalue weighted by atomic mass is 35.5. The van der Waals surface area contributed by atoms with Gasteiger partial charge >= 0.3 is 0 Å². The van der Waals surface area contributed by atoms with Crippen LogP contribution < -0.4 is 16.2 Å². The van der Waals surface area contributed by atoms with Crippen molar-refractivity contribution in [3.8, 4) is 0 Å². The number of nitrogens with one attached hydrogen (secondary N) is 2. The smallest absolute Gasteiger partial charge is 0.263 e. The van der Waals surface area contributed by atoms with Gasteiger partial charge in [0, 0.05) is 29.6 Å². The van der Waals surface area contributed by atoms with E-state index in [1.807, 2.05) is 31.3 Å². The van der Waals surface area contributed by atoms with E-state index < -0.39 is 0 Å². The van der Waals surface area contributed by atoms with Crippen molar-refractivity contribution in [1.29, 1.82) is 0 Å². The molecule has 1 fully saturated rings. The molecule has 0 radical (unpaired) electrons. The topological polar surface area (TPSA) is 76.3 Å². The molecule has 31 heavy (non-hydrogen) atoms. The number of rotatable bonds is 3. The van der Waals surface area contributed by atoms with Gasteiger partial charge in [-0.1, -0.05) is 12.1 Å². The molecule has 1 aromatic carbocycles. The van der Waals surface area contributed by atoms with E-state index in [9.17, 15) is 9.59 Å². The highest BCUT2D eigenvalue weighted by Gasteiger charge is 2.23. The number of para-hydroxylation sites is 1. The minimum atomic E-state index is -0.373. The van der Waals surface area contributed by atoms with Crippen LogP contribution in [0, 0.1) is 6.92 Å². The van der Waals surface area contributed by atoms with Crippen LogP contribution in [0.2, 0.25) is 0 Å². The lowest BCUT2D eigenvalue weighted by Crippen LogP contribution is -2.37. The number of aryl methyl sites for hydroxylation is 3. The maximum absolute atomic E-state index is 13.2. The molecule has 1 aliphatic heterocycles. The van der Waals surface area contributed by atoms with Crippen molar-refractivity contribution in [2.45, 2.75) is 51.5 Å². The number of aromatic nitrogens is 1. The normalized spacial score (nSPS) is 16.5. The van der Waals surface area contributed by atoms with Crippen LogP contribution in [-0.4, -0.2) is 23.6 Å².